The first kappa shape index (κ1) is 44.2. The van der Waals surface area contributed by atoms with Gasteiger partial charge in [-0.2, -0.15) is 0 Å². The van der Waals surface area contributed by atoms with Crippen LogP contribution in [0.5, 0.6) is 0 Å². The Morgan fingerprint density at radius 3 is 2.00 bits per heavy atom. The standard InChI is InChI=1S/C44H57N5O8/c1-29(2)37(42(53)49-39(16-10-24-47-43(46)54)40(51)25-30-17-19-31(20-18-30)27-56-41(52)21-22-45)26-32(50)11-4-3-9-23-48-44(55)57-28-38-35-14-7-5-12-33(35)34-13-6-8-15-36(34)38/h5-8,12-15,17-20,29,37-39H,3-4,9-11,16,21-28,45H2,1-2H3,(H,48,55)(H,49,53)(H3,46,47,54)/t37-,39-/m0/s1. The number of Topliss-reactive ketones (excluding diaryl/α,β-unsaturated/α-hetero) is 2. The quantitative estimate of drug-likeness (QED) is 0.0577. The number of primary amides is 1. The summed E-state index contributed by atoms with van der Waals surface area (Å²) in [6.07, 6.45) is 2.70. The maximum absolute atomic E-state index is 13.6. The van der Waals surface area contributed by atoms with Gasteiger partial charge in [0.05, 0.1) is 12.5 Å². The van der Waals surface area contributed by atoms with Crippen LogP contribution in [0.15, 0.2) is 72.8 Å². The molecule has 13 nitrogen and oxygen atoms in total. The van der Waals surface area contributed by atoms with Crippen LogP contribution in [0, 0.1) is 11.8 Å². The number of benzene rings is 3. The number of urea groups is 1. The summed E-state index contributed by atoms with van der Waals surface area (Å²) in [6, 6.07) is 21.9. The van der Waals surface area contributed by atoms with E-state index in [1.165, 1.54) is 11.1 Å². The topological polar surface area (TPSA) is 209 Å². The summed E-state index contributed by atoms with van der Waals surface area (Å²) >= 11 is 0. The fourth-order valence-electron chi connectivity index (χ4n) is 6.98. The van der Waals surface area contributed by atoms with Gasteiger partial charge >= 0.3 is 18.1 Å². The number of ketones is 2. The number of nitrogens with two attached hydrogens (primary N) is 2. The number of hydrogen-bond acceptors (Lipinski definition) is 9. The molecule has 0 heterocycles. The zero-order valence-electron chi connectivity index (χ0n) is 33.1. The third kappa shape index (κ3) is 14.2. The van der Waals surface area contributed by atoms with E-state index in [9.17, 15) is 28.8 Å². The highest BCUT2D eigenvalue weighted by atomic mass is 16.5. The molecule has 0 bridgehead atoms. The van der Waals surface area contributed by atoms with Crippen molar-refractivity contribution >= 4 is 35.6 Å². The first-order chi connectivity index (χ1) is 27.5. The average Bonchev–Trinajstić information content (AvgIpc) is 3.51. The lowest BCUT2D eigenvalue weighted by Gasteiger charge is -2.24. The molecular formula is C44H57N5O8. The summed E-state index contributed by atoms with van der Waals surface area (Å²) in [7, 11) is 0. The number of amides is 4. The Bertz CT molecular complexity index is 1780. The van der Waals surface area contributed by atoms with Crippen molar-refractivity contribution in [2.24, 2.45) is 23.3 Å². The van der Waals surface area contributed by atoms with Crippen molar-refractivity contribution in [2.45, 2.75) is 90.2 Å². The number of rotatable bonds is 24. The van der Waals surface area contributed by atoms with Gasteiger partial charge in [-0.15, -0.1) is 0 Å². The molecule has 7 N–H and O–H groups in total. The van der Waals surface area contributed by atoms with E-state index >= 15 is 0 Å². The van der Waals surface area contributed by atoms with Gasteiger partial charge in [-0.25, -0.2) is 9.59 Å². The summed E-state index contributed by atoms with van der Waals surface area (Å²) in [5.41, 5.74) is 16.7. The van der Waals surface area contributed by atoms with E-state index in [4.69, 9.17) is 20.9 Å². The Morgan fingerprint density at radius 1 is 0.737 bits per heavy atom. The zero-order chi connectivity index (χ0) is 41.2. The van der Waals surface area contributed by atoms with Crippen LogP contribution in [0.1, 0.15) is 93.4 Å². The number of fused-ring (bicyclic) bond motifs is 3. The lowest BCUT2D eigenvalue weighted by Crippen LogP contribution is -2.46. The molecule has 57 heavy (non-hydrogen) atoms. The van der Waals surface area contributed by atoms with Gasteiger partial charge in [-0.3, -0.25) is 19.2 Å². The predicted molar refractivity (Wildman–Crippen MR) is 217 cm³/mol. The molecule has 1 aliphatic rings. The summed E-state index contributed by atoms with van der Waals surface area (Å²) in [6.45, 7) is 4.93. The molecule has 3 aromatic rings. The van der Waals surface area contributed by atoms with Gasteiger partial charge in [0.25, 0.3) is 0 Å². The highest BCUT2D eigenvalue weighted by Gasteiger charge is 2.30. The van der Waals surface area contributed by atoms with Crippen molar-refractivity contribution in [3.63, 3.8) is 0 Å². The van der Waals surface area contributed by atoms with Gasteiger partial charge in [-0.1, -0.05) is 93.1 Å². The van der Waals surface area contributed by atoms with Gasteiger partial charge in [0.1, 0.15) is 19.0 Å². The van der Waals surface area contributed by atoms with Crippen molar-refractivity contribution in [3.8, 4) is 11.1 Å². The number of carbonyl (C=O) groups excluding carboxylic acids is 6. The average molecular weight is 784 g/mol. The number of ether oxygens (including phenoxy) is 2. The first-order valence-corrected chi connectivity index (χ1v) is 19.9. The molecule has 0 aromatic heterocycles. The number of carbonyl (C=O) groups is 6. The van der Waals surface area contributed by atoms with E-state index in [1.807, 2.05) is 38.1 Å². The molecule has 0 saturated heterocycles. The van der Waals surface area contributed by atoms with E-state index in [-0.39, 0.29) is 87.3 Å². The SMILES string of the molecule is CC(C)[C@H](CC(=O)CCCCCNC(=O)OCC1c2ccccc2-c2ccccc21)C(=O)N[C@@H](CCCNC(N)=O)C(=O)Cc1ccc(COC(=O)CCN)cc1. The van der Waals surface area contributed by atoms with Crippen LogP contribution in [0.3, 0.4) is 0 Å². The third-order valence-electron chi connectivity index (χ3n) is 10.2. The molecule has 0 fully saturated rings. The minimum absolute atomic E-state index is 0.0142. The molecule has 13 heteroatoms. The van der Waals surface area contributed by atoms with Crippen molar-refractivity contribution < 1.29 is 38.2 Å². The van der Waals surface area contributed by atoms with Crippen LogP contribution in [0.2, 0.25) is 0 Å². The Hall–Kier alpha value is -5.56. The Balaban J connectivity index is 1.19. The minimum atomic E-state index is -0.843. The largest absolute Gasteiger partial charge is 0.461 e. The van der Waals surface area contributed by atoms with E-state index in [2.05, 4.69) is 40.2 Å². The van der Waals surface area contributed by atoms with Crippen LogP contribution in [0.25, 0.3) is 11.1 Å². The second kappa shape index (κ2) is 22.9. The number of alkyl carbamates (subject to hydrolysis) is 1. The highest BCUT2D eigenvalue weighted by molar-refractivity contribution is 5.93. The van der Waals surface area contributed by atoms with Crippen LogP contribution in [-0.2, 0) is 41.7 Å². The number of unbranched alkanes of at least 4 members (excludes halogenated alkanes) is 2. The number of hydrogen-bond donors (Lipinski definition) is 5. The Kier molecular flexibility index (Phi) is 17.7. The highest BCUT2D eigenvalue weighted by Crippen LogP contribution is 2.44. The van der Waals surface area contributed by atoms with Crippen molar-refractivity contribution in [3.05, 3.63) is 95.1 Å². The number of nitrogens with one attached hydrogen (secondary N) is 3. The molecular weight excluding hydrogens is 727 g/mol. The third-order valence-corrected chi connectivity index (χ3v) is 10.2. The molecule has 1 aliphatic carbocycles. The normalized spacial score (nSPS) is 12.8. The van der Waals surface area contributed by atoms with Crippen LogP contribution < -0.4 is 27.4 Å². The van der Waals surface area contributed by atoms with Gasteiger partial charge in [0, 0.05) is 50.7 Å². The summed E-state index contributed by atoms with van der Waals surface area (Å²) in [5, 5.41) is 8.21. The molecule has 306 valence electrons. The van der Waals surface area contributed by atoms with E-state index in [1.54, 1.807) is 24.3 Å². The van der Waals surface area contributed by atoms with Crippen LogP contribution in [-0.4, -0.2) is 67.9 Å². The maximum Gasteiger partial charge on any atom is 0.407 e. The van der Waals surface area contributed by atoms with Gasteiger partial charge in [-0.05, 0) is 65.0 Å². The van der Waals surface area contributed by atoms with E-state index in [0.717, 1.165) is 22.3 Å². The van der Waals surface area contributed by atoms with E-state index in [0.29, 0.717) is 38.6 Å². The molecule has 0 spiro atoms. The Labute approximate surface area is 335 Å². The molecule has 0 saturated carbocycles. The molecule has 3 aromatic carbocycles. The fourth-order valence-corrected chi connectivity index (χ4v) is 6.98. The predicted octanol–water partition coefficient (Wildman–Crippen LogP) is 5.45. The lowest BCUT2D eigenvalue weighted by molar-refractivity contribution is -0.144. The van der Waals surface area contributed by atoms with Crippen molar-refractivity contribution in [1.82, 2.24) is 16.0 Å². The second-order valence-electron chi connectivity index (χ2n) is 14.8. The Morgan fingerprint density at radius 2 is 1.37 bits per heavy atom. The molecule has 0 aliphatic heterocycles. The van der Waals surface area contributed by atoms with Gasteiger partial charge in [0.2, 0.25) is 5.91 Å². The van der Waals surface area contributed by atoms with Crippen LogP contribution in [0.4, 0.5) is 9.59 Å². The van der Waals surface area contributed by atoms with E-state index < -0.39 is 24.1 Å². The fraction of sp³-hybridized carbons (Fsp3) is 0.455. The van der Waals surface area contributed by atoms with Crippen molar-refractivity contribution in [2.75, 3.05) is 26.2 Å². The second-order valence-corrected chi connectivity index (χ2v) is 14.8. The van der Waals surface area contributed by atoms with Crippen molar-refractivity contribution in [1.29, 1.82) is 0 Å². The monoisotopic (exact) mass is 783 g/mol. The number of esters is 1. The molecule has 2 atom stereocenters. The molecule has 0 unspecified atom stereocenters. The summed E-state index contributed by atoms with van der Waals surface area (Å²) in [4.78, 5) is 75.5. The summed E-state index contributed by atoms with van der Waals surface area (Å²) < 4.78 is 10.8. The lowest BCUT2D eigenvalue weighted by atomic mass is 9.88. The minimum Gasteiger partial charge on any atom is -0.461 e. The van der Waals surface area contributed by atoms with Gasteiger partial charge in [0.15, 0.2) is 5.78 Å². The maximum atomic E-state index is 13.6. The molecule has 0 radical (unpaired) electrons. The summed E-state index contributed by atoms with van der Waals surface area (Å²) in [5.74, 6) is -1.83. The zero-order valence-corrected chi connectivity index (χ0v) is 33.1. The molecule has 4 amide bonds. The molecule has 4 rings (SSSR count). The smallest absolute Gasteiger partial charge is 0.407 e. The van der Waals surface area contributed by atoms with Gasteiger partial charge < -0.3 is 36.9 Å². The first-order valence-electron chi connectivity index (χ1n) is 19.9. The van der Waals surface area contributed by atoms with Crippen LogP contribution >= 0.6 is 0 Å².